The summed E-state index contributed by atoms with van der Waals surface area (Å²) in [5.41, 5.74) is 3.15. The lowest BCUT2D eigenvalue weighted by Crippen LogP contribution is -2.20. The summed E-state index contributed by atoms with van der Waals surface area (Å²) in [5.74, 6) is 0.345. The molecule has 1 aromatic heterocycles. The second-order valence-electron chi connectivity index (χ2n) is 4.91. The molecule has 5 nitrogen and oxygen atoms in total. The van der Waals surface area contributed by atoms with Crippen LogP contribution in [0.4, 0.5) is 0 Å². The molecule has 18 heavy (non-hydrogen) atoms. The minimum Gasteiger partial charge on any atom is -0.468 e. The molecule has 0 radical (unpaired) electrons. The van der Waals surface area contributed by atoms with Crippen molar-refractivity contribution in [2.24, 2.45) is 5.92 Å². The summed E-state index contributed by atoms with van der Waals surface area (Å²) >= 11 is 0. The van der Waals surface area contributed by atoms with E-state index in [1.54, 1.807) is 4.68 Å². The second-order valence-corrected chi connectivity index (χ2v) is 4.91. The maximum atomic E-state index is 11.3. The zero-order valence-electron chi connectivity index (χ0n) is 11.9. The minimum absolute atomic E-state index is 0.174. The fourth-order valence-corrected chi connectivity index (χ4v) is 1.82. The highest BCUT2D eigenvalue weighted by molar-refractivity contribution is 5.69. The Kier molecular flexibility index (Phi) is 5.34. The van der Waals surface area contributed by atoms with Gasteiger partial charge in [0.05, 0.1) is 12.8 Å². The lowest BCUT2D eigenvalue weighted by molar-refractivity contribution is -0.141. The summed E-state index contributed by atoms with van der Waals surface area (Å²) in [5, 5.41) is 7.77. The fourth-order valence-electron chi connectivity index (χ4n) is 1.82. The molecule has 1 rings (SSSR count). The van der Waals surface area contributed by atoms with E-state index in [2.05, 4.69) is 29.0 Å². The van der Waals surface area contributed by atoms with Gasteiger partial charge in [0.25, 0.3) is 0 Å². The van der Waals surface area contributed by atoms with Gasteiger partial charge < -0.3 is 10.1 Å². The zero-order chi connectivity index (χ0) is 13.7. The van der Waals surface area contributed by atoms with Crippen molar-refractivity contribution < 1.29 is 9.53 Å². The highest BCUT2D eigenvalue weighted by Gasteiger charge is 2.13. The Morgan fingerprint density at radius 1 is 1.44 bits per heavy atom. The monoisotopic (exact) mass is 253 g/mol. The molecular formula is C13H23N3O2. The SMILES string of the molecule is COC(=O)Cn1nc(C)c(CNCC(C)C)c1C. The first-order chi connectivity index (χ1) is 8.45. The molecule has 0 aliphatic carbocycles. The van der Waals surface area contributed by atoms with Crippen molar-refractivity contribution in [3.63, 3.8) is 0 Å². The molecule has 102 valence electrons. The highest BCUT2D eigenvalue weighted by Crippen LogP contribution is 2.13. The molecule has 1 aromatic rings. The van der Waals surface area contributed by atoms with Crippen LogP contribution in [0.3, 0.4) is 0 Å². The first kappa shape index (κ1) is 14.7. The predicted octanol–water partition coefficient (Wildman–Crippen LogP) is 1.42. The summed E-state index contributed by atoms with van der Waals surface area (Å²) in [4.78, 5) is 11.3. The molecule has 0 unspecified atom stereocenters. The number of ether oxygens (including phenoxy) is 1. The molecule has 0 saturated heterocycles. The molecule has 0 aromatic carbocycles. The van der Waals surface area contributed by atoms with Gasteiger partial charge in [-0.1, -0.05) is 13.8 Å². The van der Waals surface area contributed by atoms with E-state index in [9.17, 15) is 4.79 Å². The third-order valence-corrected chi connectivity index (χ3v) is 2.89. The van der Waals surface area contributed by atoms with Crippen LogP contribution in [0.25, 0.3) is 0 Å². The van der Waals surface area contributed by atoms with E-state index in [0.29, 0.717) is 5.92 Å². The van der Waals surface area contributed by atoms with Crippen LogP contribution in [0.2, 0.25) is 0 Å². The van der Waals surface area contributed by atoms with Crippen LogP contribution < -0.4 is 5.32 Å². The Labute approximate surface area is 109 Å². The van der Waals surface area contributed by atoms with Gasteiger partial charge in [0.15, 0.2) is 0 Å². The number of methoxy groups -OCH3 is 1. The number of aromatic nitrogens is 2. The van der Waals surface area contributed by atoms with Gasteiger partial charge in [-0.25, -0.2) is 0 Å². The van der Waals surface area contributed by atoms with E-state index >= 15 is 0 Å². The maximum Gasteiger partial charge on any atom is 0.327 e. The lowest BCUT2D eigenvalue weighted by atomic mass is 10.2. The van der Waals surface area contributed by atoms with E-state index in [1.807, 2.05) is 13.8 Å². The number of carbonyl (C=O) groups is 1. The minimum atomic E-state index is -0.276. The van der Waals surface area contributed by atoms with Gasteiger partial charge in [0.2, 0.25) is 0 Å². The summed E-state index contributed by atoms with van der Waals surface area (Å²) in [6.07, 6.45) is 0. The third kappa shape index (κ3) is 3.84. The Morgan fingerprint density at radius 3 is 2.67 bits per heavy atom. The smallest absolute Gasteiger partial charge is 0.327 e. The number of hydrogen-bond acceptors (Lipinski definition) is 4. The van der Waals surface area contributed by atoms with Gasteiger partial charge >= 0.3 is 5.97 Å². The summed E-state index contributed by atoms with van der Waals surface area (Å²) in [7, 11) is 1.39. The van der Waals surface area contributed by atoms with E-state index in [0.717, 1.165) is 24.5 Å². The molecule has 0 atom stereocenters. The molecule has 1 heterocycles. The lowest BCUT2D eigenvalue weighted by Gasteiger charge is -2.08. The van der Waals surface area contributed by atoms with Gasteiger partial charge in [0, 0.05) is 17.8 Å². The molecule has 0 saturated carbocycles. The quantitative estimate of drug-likeness (QED) is 0.779. The van der Waals surface area contributed by atoms with Crippen LogP contribution >= 0.6 is 0 Å². The number of esters is 1. The molecule has 0 fully saturated rings. The topological polar surface area (TPSA) is 56.2 Å². The predicted molar refractivity (Wildman–Crippen MR) is 70.3 cm³/mol. The number of nitrogens with zero attached hydrogens (tertiary/aromatic N) is 2. The van der Waals surface area contributed by atoms with Crippen LogP contribution in [-0.2, 0) is 22.6 Å². The Morgan fingerprint density at radius 2 is 2.11 bits per heavy atom. The molecule has 5 heteroatoms. The number of hydrogen-bond donors (Lipinski definition) is 1. The Bertz CT molecular complexity index is 411. The third-order valence-electron chi connectivity index (χ3n) is 2.89. The van der Waals surface area contributed by atoms with Gasteiger partial charge in [-0.15, -0.1) is 0 Å². The second kappa shape index (κ2) is 6.54. The van der Waals surface area contributed by atoms with Crippen molar-refractivity contribution in [3.05, 3.63) is 17.0 Å². The Balaban J connectivity index is 2.71. The van der Waals surface area contributed by atoms with Crippen LogP contribution in [0.5, 0.6) is 0 Å². The Hall–Kier alpha value is -1.36. The van der Waals surface area contributed by atoms with Crippen molar-refractivity contribution in [2.45, 2.75) is 40.8 Å². The van der Waals surface area contributed by atoms with Crippen LogP contribution in [0.1, 0.15) is 30.8 Å². The van der Waals surface area contributed by atoms with Crippen molar-refractivity contribution in [2.75, 3.05) is 13.7 Å². The van der Waals surface area contributed by atoms with Crippen molar-refractivity contribution >= 4 is 5.97 Å². The normalized spacial score (nSPS) is 11.0. The van der Waals surface area contributed by atoms with Crippen LogP contribution in [0.15, 0.2) is 0 Å². The van der Waals surface area contributed by atoms with Crippen molar-refractivity contribution in [1.82, 2.24) is 15.1 Å². The zero-order valence-corrected chi connectivity index (χ0v) is 11.9. The average molecular weight is 253 g/mol. The summed E-state index contributed by atoms with van der Waals surface area (Å²) in [6.45, 7) is 10.2. The molecule has 0 spiro atoms. The fraction of sp³-hybridized carbons (Fsp3) is 0.692. The van der Waals surface area contributed by atoms with Gasteiger partial charge in [-0.2, -0.15) is 5.10 Å². The largest absolute Gasteiger partial charge is 0.468 e. The van der Waals surface area contributed by atoms with E-state index in [1.165, 1.54) is 12.7 Å². The molecule has 0 aliphatic rings. The molecule has 1 N–H and O–H groups in total. The van der Waals surface area contributed by atoms with Gasteiger partial charge in [-0.3, -0.25) is 9.48 Å². The maximum absolute atomic E-state index is 11.3. The van der Waals surface area contributed by atoms with E-state index < -0.39 is 0 Å². The van der Waals surface area contributed by atoms with E-state index in [-0.39, 0.29) is 12.5 Å². The number of aryl methyl sites for hydroxylation is 1. The van der Waals surface area contributed by atoms with Crippen molar-refractivity contribution in [3.8, 4) is 0 Å². The summed E-state index contributed by atoms with van der Waals surface area (Å²) < 4.78 is 6.36. The number of carbonyl (C=O) groups excluding carboxylic acids is 1. The van der Waals surface area contributed by atoms with Gasteiger partial charge in [-0.05, 0) is 26.3 Å². The molecule has 0 aliphatic heterocycles. The number of nitrogens with one attached hydrogen (secondary N) is 1. The standard InChI is InChI=1S/C13H23N3O2/c1-9(2)6-14-7-12-10(3)15-16(11(12)4)8-13(17)18-5/h9,14H,6-8H2,1-5H3. The van der Waals surface area contributed by atoms with Crippen molar-refractivity contribution in [1.29, 1.82) is 0 Å². The molecule has 0 amide bonds. The van der Waals surface area contributed by atoms with E-state index in [4.69, 9.17) is 0 Å². The average Bonchev–Trinajstić information content (AvgIpc) is 2.56. The first-order valence-corrected chi connectivity index (χ1v) is 6.26. The molecular weight excluding hydrogens is 230 g/mol. The van der Waals surface area contributed by atoms with Gasteiger partial charge in [0.1, 0.15) is 6.54 Å². The highest BCUT2D eigenvalue weighted by atomic mass is 16.5. The van der Waals surface area contributed by atoms with Crippen LogP contribution in [0, 0.1) is 19.8 Å². The molecule has 0 bridgehead atoms. The van der Waals surface area contributed by atoms with Crippen LogP contribution in [-0.4, -0.2) is 29.4 Å². The first-order valence-electron chi connectivity index (χ1n) is 6.26. The summed E-state index contributed by atoms with van der Waals surface area (Å²) in [6, 6.07) is 0. The number of rotatable bonds is 6.